The molecule has 5 atom stereocenters. The van der Waals surface area contributed by atoms with Crippen LogP contribution in [0.4, 0.5) is 0 Å². The highest BCUT2D eigenvalue weighted by Gasteiger charge is 2.40. The van der Waals surface area contributed by atoms with Crippen LogP contribution in [0.2, 0.25) is 0 Å². The van der Waals surface area contributed by atoms with Crippen molar-refractivity contribution in [3.05, 3.63) is 0 Å². The van der Waals surface area contributed by atoms with E-state index in [1.165, 1.54) is 11.8 Å². The topological polar surface area (TPSA) is 128 Å². The fourth-order valence-electron chi connectivity index (χ4n) is 3.70. The third-order valence-corrected chi connectivity index (χ3v) is 5.72. The standard InChI is InChI=1S/C19H32N4O5/c1-4-11(2)15(22-16(24)13-7-5-9-20-13)18(26)23-10-6-8-14(23)17(25)21-12(3)19(27)28/h11-15,20H,4-10H2,1-3H3,(H,21,25)(H,22,24)(H,27,28). The van der Waals surface area contributed by atoms with Crippen LogP contribution in [0.3, 0.4) is 0 Å². The first kappa shape index (κ1) is 22.1. The van der Waals surface area contributed by atoms with Gasteiger partial charge in [-0.25, -0.2) is 0 Å². The summed E-state index contributed by atoms with van der Waals surface area (Å²) in [6, 6.07) is -2.72. The van der Waals surface area contributed by atoms with Crippen molar-refractivity contribution in [1.82, 2.24) is 20.9 Å². The van der Waals surface area contributed by atoms with Gasteiger partial charge in [0.2, 0.25) is 17.7 Å². The molecule has 2 heterocycles. The van der Waals surface area contributed by atoms with Crippen LogP contribution in [-0.4, -0.2) is 71.0 Å². The lowest BCUT2D eigenvalue weighted by atomic mass is 9.96. The second-order valence-corrected chi connectivity index (χ2v) is 7.78. The number of hydrogen-bond acceptors (Lipinski definition) is 5. The largest absolute Gasteiger partial charge is 0.480 e. The normalized spacial score (nSPS) is 25.0. The summed E-state index contributed by atoms with van der Waals surface area (Å²) in [5.41, 5.74) is 0. The van der Waals surface area contributed by atoms with E-state index in [1.807, 2.05) is 13.8 Å². The van der Waals surface area contributed by atoms with Crippen LogP contribution in [0.25, 0.3) is 0 Å². The molecule has 2 aliphatic heterocycles. The van der Waals surface area contributed by atoms with E-state index in [-0.39, 0.29) is 23.8 Å². The molecule has 28 heavy (non-hydrogen) atoms. The van der Waals surface area contributed by atoms with Crippen molar-refractivity contribution < 1.29 is 24.3 Å². The first-order valence-electron chi connectivity index (χ1n) is 10.1. The minimum Gasteiger partial charge on any atom is -0.480 e. The van der Waals surface area contributed by atoms with E-state index >= 15 is 0 Å². The Bertz CT molecular complexity index is 605. The van der Waals surface area contributed by atoms with Gasteiger partial charge >= 0.3 is 5.97 Å². The molecule has 0 bridgehead atoms. The molecule has 0 aromatic rings. The third-order valence-electron chi connectivity index (χ3n) is 5.72. The lowest BCUT2D eigenvalue weighted by Crippen LogP contribution is -2.58. The maximum Gasteiger partial charge on any atom is 0.325 e. The Hall–Kier alpha value is -2.16. The second kappa shape index (κ2) is 9.86. The van der Waals surface area contributed by atoms with Crippen molar-refractivity contribution in [1.29, 1.82) is 0 Å². The zero-order valence-electron chi connectivity index (χ0n) is 16.9. The molecule has 3 amide bonds. The van der Waals surface area contributed by atoms with Crippen molar-refractivity contribution in [2.75, 3.05) is 13.1 Å². The molecule has 0 aromatic carbocycles. The average molecular weight is 396 g/mol. The van der Waals surface area contributed by atoms with Gasteiger partial charge in [-0.1, -0.05) is 20.3 Å². The van der Waals surface area contributed by atoms with Gasteiger partial charge in [-0.3, -0.25) is 19.2 Å². The monoisotopic (exact) mass is 396 g/mol. The summed E-state index contributed by atoms with van der Waals surface area (Å²) in [5.74, 6) is -2.14. The number of amides is 3. The summed E-state index contributed by atoms with van der Waals surface area (Å²) in [5, 5.41) is 17.5. The molecule has 2 rings (SSSR count). The maximum atomic E-state index is 13.2. The van der Waals surface area contributed by atoms with Gasteiger partial charge in [-0.2, -0.15) is 0 Å². The Morgan fingerprint density at radius 2 is 1.82 bits per heavy atom. The van der Waals surface area contributed by atoms with Gasteiger partial charge in [-0.15, -0.1) is 0 Å². The average Bonchev–Trinajstić information content (AvgIpc) is 3.36. The highest BCUT2D eigenvalue weighted by molar-refractivity contribution is 5.94. The molecular weight excluding hydrogens is 364 g/mol. The van der Waals surface area contributed by atoms with Crippen molar-refractivity contribution in [3.63, 3.8) is 0 Å². The van der Waals surface area contributed by atoms with Crippen molar-refractivity contribution in [2.45, 2.75) is 77.0 Å². The predicted molar refractivity (Wildman–Crippen MR) is 102 cm³/mol. The number of nitrogens with zero attached hydrogens (tertiary/aromatic N) is 1. The first-order chi connectivity index (χ1) is 13.3. The van der Waals surface area contributed by atoms with Crippen molar-refractivity contribution in [3.8, 4) is 0 Å². The zero-order valence-corrected chi connectivity index (χ0v) is 16.9. The van der Waals surface area contributed by atoms with Crippen LogP contribution in [0.1, 0.15) is 52.9 Å². The Labute approximate surface area is 165 Å². The molecule has 0 saturated carbocycles. The predicted octanol–water partition coefficient (Wildman–Crippen LogP) is -0.150. The van der Waals surface area contributed by atoms with Gasteiger partial charge in [0.25, 0.3) is 0 Å². The number of likely N-dealkylation sites (tertiary alicyclic amines) is 1. The molecule has 0 aromatic heterocycles. The van der Waals surface area contributed by atoms with E-state index in [9.17, 15) is 19.2 Å². The molecule has 2 aliphatic rings. The molecule has 0 radical (unpaired) electrons. The summed E-state index contributed by atoms with van der Waals surface area (Å²) < 4.78 is 0. The van der Waals surface area contributed by atoms with Crippen LogP contribution < -0.4 is 16.0 Å². The van der Waals surface area contributed by atoms with Crippen molar-refractivity contribution in [2.24, 2.45) is 5.92 Å². The lowest BCUT2D eigenvalue weighted by molar-refractivity contribution is -0.145. The van der Waals surface area contributed by atoms with Crippen LogP contribution in [0.5, 0.6) is 0 Å². The third kappa shape index (κ3) is 5.21. The molecule has 2 saturated heterocycles. The molecule has 0 aliphatic carbocycles. The smallest absolute Gasteiger partial charge is 0.325 e. The minimum absolute atomic E-state index is 0.0832. The number of aliphatic carboxylic acids is 1. The number of carbonyl (C=O) groups excluding carboxylic acids is 3. The van der Waals surface area contributed by atoms with Gasteiger partial charge < -0.3 is 26.0 Å². The van der Waals surface area contributed by atoms with Gasteiger partial charge in [0.05, 0.1) is 6.04 Å². The minimum atomic E-state index is -1.13. The first-order valence-corrected chi connectivity index (χ1v) is 10.1. The molecule has 158 valence electrons. The highest BCUT2D eigenvalue weighted by Crippen LogP contribution is 2.22. The van der Waals surface area contributed by atoms with E-state index < -0.39 is 30.0 Å². The summed E-state index contributed by atoms with van der Waals surface area (Å²) in [6.07, 6.45) is 3.52. The lowest BCUT2D eigenvalue weighted by Gasteiger charge is -2.32. The Balaban J connectivity index is 2.09. The fourth-order valence-corrected chi connectivity index (χ4v) is 3.70. The van der Waals surface area contributed by atoms with Gasteiger partial charge in [0.1, 0.15) is 18.1 Å². The zero-order chi connectivity index (χ0) is 20.8. The van der Waals surface area contributed by atoms with E-state index in [2.05, 4.69) is 16.0 Å². The van der Waals surface area contributed by atoms with Crippen LogP contribution in [-0.2, 0) is 19.2 Å². The van der Waals surface area contributed by atoms with Gasteiger partial charge in [-0.05, 0) is 45.1 Å². The number of carboxylic acids is 1. The van der Waals surface area contributed by atoms with Crippen LogP contribution >= 0.6 is 0 Å². The SMILES string of the molecule is CCC(C)C(NC(=O)C1CCCN1)C(=O)N1CCCC1C(=O)NC(C)C(=O)O. The Kier molecular flexibility index (Phi) is 7.79. The number of hydrogen-bond donors (Lipinski definition) is 4. The van der Waals surface area contributed by atoms with Gasteiger partial charge in [0, 0.05) is 6.54 Å². The molecule has 0 spiro atoms. The summed E-state index contributed by atoms with van der Waals surface area (Å²) in [6.45, 7) is 6.45. The molecule has 4 N–H and O–H groups in total. The fraction of sp³-hybridized carbons (Fsp3) is 0.789. The van der Waals surface area contributed by atoms with Gasteiger partial charge in [0.15, 0.2) is 0 Å². The quantitative estimate of drug-likeness (QED) is 0.452. The molecule has 9 nitrogen and oxygen atoms in total. The van der Waals surface area contributed by atoms with Crippen LogP contribution in [0, 0.1) is 5.92 Å². The highest BCUT2D eigenvalue weighted by atomic mass is 16.4. The number of carboxylic acid groups (broad SMARTS) is 1. The number of nitrogens with one attached hydrogen (secondary N) is 3. The van der Waals surface area contributed by atoms with Crippen molar-refractivity contribution >= 4 is 23.7 Å². The summed E-state index contributed by atoms with van der Waals surface area (Å²) in [7, 11) is 0. The van der Waals surface area contributed by atoms with E-state index in [4.69, 9.17) is 5.11 Å². The second-order valence-electron chi connectivity index (χ2n) is 7.78. The van der Waals surface area contributed by atoms with E-state index in [0.29, 0.717) is 25.8 Å². The Morgan fingerprint density at radius 3 is 2.39 bits per heavy atom. The summed E-state index contributed by atoms with van der Waals surface area (Å²) in [4.78, 5) is 50.8. The van der Waals surface area contributed by atoms with Crippen LogP contribution in [0.15, 0.2) is 0 Å². The molecule has 5 unspecified atom stereocenters. The molecular formula is C19H32N4O5. The summed E-state index contributed by atoms with van der Waals surface area (Å²) >= 11 is 0. The Morgan fingerprint density at radius 1 is 1.11 bits per heavy atom. The van der Waals surface area contributed by atoms with E-state index in [1.54, 1.807) is 0 Å². The van der Waals surface area contributed by atoms with E-state index in [0.717, 1.165) is 19.4 Å². The number of rotatable bonds is 8. The molecule has 9 heteroatoms. The molecule has 2 fully saturated rings. The maximum absolute atomic E-state index is 13.2. The number of carbonyl (C=O) groups is 4.